The average molecular weight is 363 g/mol. The second-order valence-corrected chi connectivity index (χ2v) is 7.30. The number of hydrogen-bond donors (Lipinski definition) is 1. The highest BCUT2D eigenvalue weighted by molar-refractivity contribution is 9.11. The summed E-state index contributed by atoms with van der Waals surface area (Å²) in [7, 11) is 1.93. The molecule has 0 spiro atoms. The molecule has 2 aromatic rings. The molecule has 6 heteroatoms. The maximum absolute atomic E-state index is 6.28. The van der Waals surface area contributed by atoms with Crippen LogP contribution in [0.3, 0.4) is 0 Å². The number of aromatic nitrogens is 2. The number of aryl methyl sites for hydroxylation is 2. The van der Waals surface area contributed by atoms with Crippen LogP contribution in [-0.2, 0) is 7.05 Å². The van der Waals surface area contributed by atoms with Gasteiger partial charge in [0.2, 0.25) is 0 Å². The third-order valence-corrected chi connectivity index (χ3v) is 5.46. The lowest BCUT2D eigenvalue weighted by Gasteiger charge is -2.18. The van der Waals surface area contributed by atoms with Crippen molar-refractivity contribution in [1.82, 2.24) is 15.1 Å². The Morgan fingerprint density at radius 1 is 1.58 bits per heavy atom. The first-order chi connectivity index (χ1) is 9.04. The van der Waals surface area contributed by atoms with Crippen LogP contribution >= 0.6 is 38.9 Å². The molecule has 0 amide bonds. The first kappa shape index (κ1) is 15.0. The highest BCUT2D eigenvalue weighted by Gasteiger charge is 2.22. The zero-order valence-corrected chi connectivity index (χ0v) is 14.4. The van der Waals surface area contributed by atoms with E-state index in [1.54, 1.807) is 17.5 Å². The van der Waals surface area contributed by atoms with Crippen molar-refractivity contribution in [2.75, 3.05) is 6.54 Å². The van der Waals surface area contributed by atoms with Crippen LogP contribution in [0, 0.1) is 6.92 Å². The summed E-state index contributed by atoms with van der Waals surface area (Å²) < 4.78 is 3.02. The molecule has 0 radical (unpaired) electrons. The van der Waals surface area contributed by atoms with E-state index in [-0.39, 0.29) is 6.04 Å². The quantitative estimate of drug-likeness (QED) is 0.859. The fourth-order valence-electron chi connectivity index (χ4n) is 1.99. The van der Waals surface area contributed by atoms with Crippen molar-refractivity contribution in [3.63, 3.8) is 0 Å². The van der Waals surface area contributed by atoms with E-state index in [1.807, 2.05) is 11.7 Å². The molecule has 3 nitrogen and oxygen atoms in total. The summed E-state index contributed by atoms with van der Waals surface area (Å²) >= 11 is 11.6. The first-order valence-electron chi connectivity index (χ1n) is 6.21. The molecular weight excluding hydrogens is 346 g/mol. The lowest BCUT2D eigenvalue weighted by Crippen LogP contribution is -2.24. The minimum Gasteiger partial charge on any atom is -0.304 e. The van der Waals surface area contributed by atoms with Crippen LogP contribution in [0.2, 0.25) is 5.02 Å². The van der Waals surface area contributed by atoms with Gasteiger partial charge in [-0.25, -0.2) is 0 Å². The lowest BCUT2D eigenvalue weighted by molar-refractivity contribution is 0.560. The maximum Gasteiger partial charge on any atom is 0.0857 e. The Hall–Kier alpha value is -0.360. The maximum atomic E-state index is 6.28. The van der Waals surface area contributed by atoms with Gasteiger partial charge in [-0.3, -0.25) is 4.68 Å². The molecule has 2 aromatic heterocycles. The van der Waals surface area contributed by atoms with Crippen molar-refractivity contribution in [3.05, 3.63) is 37.2 Å². The van der Waals surface area contributed by atoms with Gasteiger partial charge in [0, 0.05) is 11.9 Å². The molecule has 0 aromatic carbocycles. The molecule has 0 fully saturated rings. The van der Waals surface area contributed by atoms with Crippen molar-refractivity contribution in [3.8, 4) is 0 Å². The van der Waals surface area contributed by atoms with E-state index in [2.05, 4.69) is 46.3 Å². The number of thiophene rings is 1. The lowest BCUT2D eigenvalue weighted by atomic mass is 10.1. The van der Waals surface area contributed by atoms with Gasteiger partial charge >= 0.3 is 0 Å². The van der Waals surface area contributed by atoms with Crippen molar-refractivity contribution >= 4 is 38.9 Å². The molecule has 0 saturated heterocycles. The summed E-state index contributed by atoms with van der Waals surface area (Å²) in [6, 6.07) is 2.29. The van der Waals surface area contributed by atoms with Gasteiger partial charge < -0.3 is 5.32 Å². The standard InChI is InChI=1S/C13H17BrClN3S/c1-4-5-16-11(10-6-8(2)13(14)19-10)12-9(15)7-17-18(12)3/h6-7,11,16H,4-5H2,1-3H3. The second kappa shape index (κ2) is 6.39. The Morgan fingerprint density at radius 3 is 2.79 bits per heavy atom. The summed E-state index contributed by atoms with van der Waals surface area (Å²) in [6.45, 7) is 5.21. The summed E-state index contributed by atoms with van der Waals surface area (Å²) in [5.41, 5.74) is 2.27. The van der Waals surface area contributed by atoms with Crippen LogP contribution in [0.15, 0.2) is 16.0 Å². The Kier molecular flexibility index (Phi) is 5.06. The van der Waals surface area contributed by atoms with Gasteiger partial charge in [-0.05, 0) is 47.4 Å². The van der Waals surface area contributed by atoms with Crippen LogP contribution in [0.1, 0.15) is 35.5 Å². The number of hydrogen-bond acceptors (Lipinski definition) is 3. The third kappa shape index (κ3) is 3.21. The molecule has 1 unspecified atom stereocenters. The number of nitrogens with zero attached hydrogens (tertiary/aromatic N) is 2. The predicted molar refractivity (Wildman–Crippen MR) is 85.1 cm³/mol. The molecule has 1 N–H and O–H groups in total. The van der Waals surface area contributed by atoms with Crippen molar-refractivity contribution in [1.29, 1.82) is 0 Å². The summed E-state index contributed by atoms with van der Waals surface area (Å²) in [4.78, 5) is 1.25. The molecule has 0 aliphatic heterocycles. The third-order valence-electron chi connectivity index (χ3n) is 2.97. The molecule has 1 atom stereocenters. The molecule has 104 valence electrons. The van der Waals surface area contributed by atoms with Crippen LogP contribution in [0.5, 0.6) is 0 Å². The van der Waals surface area contributed by atoms with Crippen molar-refractivity contribution in [2.24, 2.45) is 7.05 Å². The fraction of sp³-hybridized carbons (Fsp3) is 0.462. The number of rotatable bonds is 5. The van der Waals surface area contributed by atoms with Crippen molar-refractivity contribution < 1.29 is 0 Å². The fourth-order valence-corrected chi connectivity index (χ4v) is 3.92. The zero-order chi connectivity index (χ0) is 14.0. The van der Waals surface area contributed by atoms with Gasteiger partial charge in [0.05, 0.1) is 26.7 Å². The molecule has 0 saturated carbocycles. The largest absolute Gasteiger partial charge is 0.304 e. The van der Waals surface area contributed by atoms with Gasteiger partial charge in [-0.2, -0.15) is 5.10 Å². The molecule has 0 aliphatic rings. The highest BCUT2D eigenvalue weighted by atomic mass is 79.9. The normalized spacial score (nSPS) is 12.9. The van der Waals surface area contributed by atoms with E-state index in [4.69, 9.17) is 11.6 Å². The Bertz CT molecular complexity index is 525. The van der Waals surface area contributed by atoms with Crippen molar-refractivity contribution in [2.45, 2.75) is 26.3 Å². The van der Waals surface area contributed by atoms with E-state index in [1.165, 1.54) is 14.2 Å². The predicted octanol–water partition coefficient (Wildman–Crippen LogP) is 4.29. The molecule has 2 heterocycles. The summed E-state index contributed by atoms with van der Waals surface area (Å²) in [5, 5.41) is 8.50. The zero-order valence-electron chi connectivity index (χ0n) is 11.2. The van der Waals surface area contributed by atoms with E-state index >= 15 is 0 Å². The first-order valence-corrected chi connectivity index (χ1v) is 8.20. The molecule has 0 aliphatic carbocycles. The minimum atomic E-state index is 0.0925. The van der Waals surface area contributed by atoms with Gasteiger partial charge in [-0.15, -0.1) is 11.3 Å². The molecule has 2 rings (SSSR count). The smallest absolute Gasteiger partial charge is 0.0857 e. The SMILES string of the molecule is CCCNC(c1cc(C)c(Br)s1)c1c(Cl)cnn1C. The van der Waals surface area contributed by atoms with Gasteiger partial charge in [-0.1, -0.05) is 18.5 Å². The van der Waals surface area contributed by atoms with Crippen LogP contribution in [0.25, 0.3) is 0 Å². The minimum absolute atomic E-state index is 0.0925. The second-order valence-electron chi connectivity index (χ2n) is 4.49. The van der Waals surface area contributed by atoms with Crippen LogP contribution in [0.4, 0.5) is 0 Å². The average Bonchev–Trinajstić information content (AvgIpc) is 2.86. The Labute approximate surface area is 131 Å². The number of halogens is 2. The number of nitrogens with one attached hydrogen (secondary N) is 1. The molecule has 19 heavy (non-hydrogen) atoms. The molecular formula is C13H17BrClN3S. The summed E-state index contributed by atoms with van der Waals surface area (Å²) in [6.07, 6.45) is 2.78. The van der Waals surface area contributed by atoms with Gasteiger partial charge in [0.1, 0.15) is 0 Å². The highest BCUT2D eigenvalue weighted by Crippen LogP contribution is 2.36. The Balaban J connectivity index is 2.41. The Morgan fingerprint density at radius 2 is 2.32 bits per heavy atom. The van der Waals surface area contributed by atoms with E-state index in [0.717, 1.165) is 18.7 Å². The van der Waals surface area contributed by atoms with Crippen LogP contribution in [-0.4, -0.2) is 16.3 Å². The van der Waals surface area contributed by atoms with E-state index in [0.29, 0.717) is 5.02 Å². The van der Waals surface area contributed by atoms with E-state index in [9.17, 15) is 0 Å². The van der Waals surface area contributed by atoms with E-state index < -0.39 is 0 Å². The van der Waals surface area contributed by atoms with Crippen LogP contribution < -0.4 is 5.32 Å². The van der Waals surface area contributed by atoms with Gasteiger partial charge in [0.15, 0.2) is 0 Å². The monoisotopic (exact) mass is 361 g/mol. The molecule has 0 bridgehead atoms. The van der Waals surface area contributed by atoms with Gasteiger partial charge in [0.25, 0.3) is 0 Å². The topological polar surface area (TPSA) is 29.9 Å². The summed E-state index contributed by atoms with van der Waals surface area (Å²) in [5.74, 6) is 0.